The molecular weight excluding hydrogens is 216 g/mol. The van der Waals surface area contributed by atoms with Gasteiger partial charge in [0.05, 0.1) is 6.54 Å². The van der Waals surface area contributed by atoms with Gasteiger partial charge in [0.25, 0.3) is 0 Å². The Kier molecular flexibility index (Phi) is 6.93. The third kappa shape index (κ3) is 5.35. The molecule has 17 heavy (non-hydrogen) atoms. The van der Waals surface area contributed by atoms with Gasteiger partial charge in [-0.25, -0.2) is 0 Å². The zero-order valence-electron chi connectivity index (χ0n) is 10.9. The maximum atomic E-state index is 8.86. The molecular formula is C13H24N2O2. The number of hydrogen-bond donors (Lipinski definition) is 2. The summed E-state index contributed by atoms with van der Waals surface area (Å²) in [5.74, 6) is 1.52. The van der Waals surface area contributed by atoms with Crippen LogP contribution in [0.5, 0.6) is 0 Å². The van der Waals surface area contributed by atoms with Crippen molar-refractivity contribution in [1.29, 1.82) is 0 Å². The molecule has 1 rings (SSSR count). The van der Waals surface area contributed by atoms with Crippen LogP contribution < -0.4 is 5.32 Å². The molecule has 0 atom stereocenters. The van der Waals surface area contributed by atoms with Crippen molar-refractivity contribution < 1.29 is 9.52 Å². The molecule has 0 amide bonds. The van der Waals surface area contributed by atoms with Gasteiger partial charge >= 0.3 is 0 Å². The number of rotatable bonds is 9. The zero-order valence-corrected chi connectivity index (χ0v) is 10.9. The Hall–Kier alpha value is -0.840. The van der Waals surface area contributed by atoms with Gasteiger partial charge in [0.2, 0.25) is 0 Å². The van der Waals surface area contributed by atoms with Crippen LogP contribution in [-0.4, -0.2) is 36.2 Å². The van der Waals surface area contributed by atoms with Gasteiger partial charge in [0, 0.05) is 0 Å². The Balaban J connectivity index is 2.07. The third-order valence-electron chi connectivity index (χ3n) is 2.89. The van der Waals surface area contributed by atoms with Gasteiger partial charge in [0.15, 0.2) is 0 Å². The minimum atomic E-state index is -0.0258. The van der Waals surface area contributed by atoms with Crippen molar-refractivity contribution >= 4 is 0 Å². The van der Waals surface area contributed by atoms with Gasteiger partial charge in [-0.1, -0.05) is 13.8 Å². The van der Waals surface area contributed by atoms with E-state index in [1.165, 1.54) is 0 Å². The minimum Gasteiger partial charge on any atom is -0.462 e. The molecule has 1 aromatic rings. The molecule has 4 nitrogen and oxygen atoms in total. The molecule has 0 fully saturated rings. The fourth-order valence-electron chi connectivity index (χ4n) is 1.78. The van der Waals surface area contributed by atoms with Crippen LogP contribution in [0.1, 0.15) is 31.8 Å². The smallest absolute Gasteiger partial charge is 0.129 e. The molecule has 2 N–H and O–H groups in total. The van der Waals surface area contributed by atoms with Gasteiger partial charge in [0.1, 0.15) is 18.1 Å². The molecule has 0 aliphatic carbocycles. The average Bonchev–Trinajstić information content (AvgIpc) is 2.82. The molecule has 1 heterocycles. The first-order chi connectivity index (χ1) is 8.30. The molecule has 0 bridgehead atoms. The lowest BCUT2D eigenvalue weighted by Crippen LogP contribution is -2.27. The van der Waals surface area contributed by atoms with E-state index in [-0.39, 0.29) is 6.61 Å². The molecule has 0 aliphatic heterocycles. The molecule has 1 aromatic heterocycles. The SMILES string of the molecule is CCN(CC)CCCNCc1ccc(CO)o1. The van der Waals surface area contributed by atoms with Gasteiger partial charge in [-0.3, -0.25) is 0 Å². The summed E-state index contributed by atoms with van der Waals surface area (Å²) >= 11 is 0. The van der Waals surface area contributed by atoms with Crippen molar-refractivity contribution in [3.63, 3.8) is 0 Å². The fourth-order valence-corrected chi connectivity index (χ4v) is 1.78. The summed E-state index contributed by atoms with van der Waals surface area (Å²) in [5.41, 5.74) is 0. The highest BCUT2D eigenvalue weighted by Crippen LogP contribution is 2.06. The molecule has 0 saturated carbocycles. The van der Waals surface area contributed by atoms with Crippen molar-refractivity contribution in [3.8, 4) is 0 Å². The summed E-state index contributed by atoms with van der Waals surface area (Å²) in [6.45, 7) is 9.46. The predicted octanol–water partition coefficient (Wildman–Crippen LogP) is 1.59. The van der Waals surface area contributed by atoms with Crippen molar-refractivity contribution in [1.82, 2.24) is 10.2 Å². The van der Waals surface area contributed by atoms with E-state index in [1.807, 2.05) is 12.1 Å². The van der Waals surface area contributed by atoms with Gasteiger partial charge in [-0.05, 0) is 44.7 Å². The standard InChI is InChI=1S/C13H24N2O2/c1-3-15(4-2)9-5-8-14-10-12-6-7-13(11-16)17-12/h6-7,14,16H,3-5,8-11H2,1-2H3. The summed E-state index contributed by atoms with van der Waals surface area (Å²) in [4.78, 5) is 2.42. The quantitative estimate of drug-likeness (QED) is 0.644. The van der Waals surface area contributed by atoms with Gasteiger partial charge in [-0.2, -0.15) is 0 Å². The van der Waals surface area contributed by atoms with Crippen LogP contribution in [0.3, 0.4) is 0 Å². The third-order valence-corrected chi connectivity index (χ3v) is 2.89. The first-order valence-electron chi connectivity index (χ1n) is 6.41. The highest BCUT2D eigenvalue weighted by molar-refractivity contribution is 5.05. The van der Waals surface area contributed by atoms with E-state index in [1.54, 1.807) is 0 Å². The van der Waals surface area contributed by atoms with Crippen LogP contribution in [0.25, 0.3) is 0 Å². The van der Waals surface area contributed by atoms with Crippen molar-refractivity contribution in [3.05, 3.63) is 23.7 Å². The summed E-state index contributed by atoms with van der Waals surface area (Å²) in [5, 5.41) is 12.2. The zero-order chi connectivity index (χ0) is 12.5. The largest absolute Gasteiger partial charge is 0.462 e. The van der Waals surface area contributed by atoms with E-state index in [0.29, 0.717) is 5.76 Å². The van der Waals surface area contributed by atoms with E-state index in [4.69, 9.17) is 9.52 Å². The summed E-state index contributed by atoms with van der Waals surface area (Å²) in [6, 6.07) is 3.72. The van der Waals surface area contributed by atoms with E-state index >= 15 is 0 Å². The summed E-state index contributed by atoms with van der Waals surface area (Å²) in [7, 11) is 0. The molecule has 98 valence electrons. The molecule has 0 aliphatic rings. The van der Waals surface area contributed by atoms with E-state index < -0.39 is 0 Å². The average molecular weight is 240 g/mol. The topological polar surface area (TPSA) is 48.6 Å². The Morgan fingerprint density at radius 3 is 2.53 bits per heavy atom. The van der Waals surface area contributed by atoms with Crippen molar-refractivity contribution in [2.75, 3.05) is 26.2 Å². The lowest BCUT2D eigenvalue weighted by molar-refractivity contribution is 0.242. The molecule has 0 radical (unpaired) electrons. The number of aliphatic hydroxyl groups excluding tert-OH is 1. The number of nitrogens with zero attached hydrogens (tertiary/aromatic N) is 1. The minimum absolute atomic E-state index is 0.0258. The lowest BCUT2D eigenvalue weighted by Gasteiger charge is -2.17. The Morgan fingerprint density at radius 2 is 1.94 bits per heavy atom. The molecule has 4 heteroatoms. The maximum Gasteiger partial charge on any atom is 0.129 e. The Labute approximate surface area is 104 Å². The maximum absolute atomic E-state index is 8.86. The first kappa shape index (κ1) is 14.2. The lowest BCUT2D eigenvalue weighted by atomic mass is 10.3. The van der Waals surface area contributed by atoms with Crippen LogP contribution in [0, 0.1) is 0 Å². The van der Waals surface area contributed by atoms with Crippen LogP contribution in [0.2, 0.25) is 0 Å². The van der Waals surface area contributed by atoms with Gasteiger partial charge in [-0.15, -0.1) is 0 Å². The summed E-state index contributed by atoms with van der Waals surface area (Å²) < 4.78 is 5.38. The highest BCUT2D eigenvalue weighted by Gasteiger charge is 2.01. The molecule has 0 saturated heterocycles. The van der Waals surface area contributed by atoms with Crippen LogP contribution in [-0.2, 0) is 13.2 Å². The second-order valence-corrected chi connectivity index (χ2v) is 4.08. The Bertz CT molecular complexity index is 295. The van der Waals surface area contributed by atoms with Gasteiger partial charge < -0.3 is 19.7 Å². The monoisotopic (exact) mass is 240 g/mol. The highest BCUT2D eigenvalue weighted by atomic mass is 16.4. The first-order valence-corrected chi connectivity index (χ1v) is 6.41. The fraction of sp³-hybridized carbons (Fsp3) is 0.692. The Morgan fingerprint density at radius 1 is 1.24 bits per heavy atom. The normalized spacial score (nSPS) is 11.3. The number of nitrogens with one attached hydrogen (secondary N) is 1. The molecule has 0 spiro atoms. The second kappa shape index (κ2) is 8.28. The van der Waals surface area contributed by atoms with E-state index in [0.717, 1.165) is 44.9 Å². The number of furan rings is 1. The van der Waals surface area contributed by atoms with E-state index in [9.17, 15) is 0 Å². The molecule has 0 unspecified atom stereocenters. The van der Waals surface area contributed by atoms with Crippen LogP contribution >= 0.6 is 0 Å². The number of hydrogen-bond acceptors (Lipinski definition) is 4. The second-order valence-electron chi connectivity index (χ2n) is 4.08. The summed E-state index contributed by atoms with van der Waals surface area (Å²) in [6.07, 6.45) is 1.15. The number of aliphatic hydroxyl groups is 1. The van der Waals surface area contributed by atoms with Crippen LogP contribution in [0.15, 0.2) is 16.5 Å². The van der Waals surface area contributed by atoms with Crippen LogP contribution in [0.4, 0.5) is 0 Å². The predicted molar refractivity (Wildman–Crippen MR) is 68.7 cm³/mol. The molecule has 0 aromatic carbocycles. The van der Waals surface area contributed by atoms with Crippen molar-refractivity contribution in [2.45, 2.75) is 33.4 Å². The van der Waals surface area contributed by atoms with Crippen molar-refractivity contribution in [2.24, 2.45) is 0 Å². The van der Waals surface area contributed by atoms with E-state index in [2.05, 4.69) is 24.1 Å².